The number of nitrogens with one attached hydrogen (secondary N) is 1. The van der Waals surface area contributed by atoms with Crippen molar-refractivity contribution >= 4 is 11.6 Å². The molecule has 0 saturated carbocycles. The van der Waals surface area contributed by atoms with Crippen LogP contribution in [0.4, 0.5) is 4.39 Å². The Labute approximate surface area is 152 Å². The number of halogens is 2. The van der Waals surface area contributed by atoms with Crippen LogP contribution >= 0.6 is 11.6 Å². The monoisotopic (exact) mass is 367 g/mol. The first-order chi connectivity index (χ1) is 12.2. The van der Waals surface area contributed by atoms with Gasteiger partial charge in [0.05, 0.1) is 12.1 Å². The minimum absolute atomic E-state index is 0.0709. The van der Waals surface area contributed by atoms with Crippen LogP contribution in [0.25, 0.3) is 0 Å². The first kappa shape index (κ1) is 19.5. The molecule has 0 unspecified atom stereocenters. The predicted molar refractivity (Wildman–Crippen MR) is 96.8 cm³/mol. The molecule has 4 nitrogen and oxygen atoms in total. The molecular formula is C19H23ClFNO3. The van der Waals surface area contributed by atoms with Crippen molar-refractivity contribution < 1.29 is 19.0 Å². The number of hydrogen-bond donors (Lipinski definition) is 2. The van der Waals surface area contributed by atoms with E-state index >= 15 is 0 Å². The van der Waals surface area contributed by atoms with Gasteiger partial charge >= 0.3 is 0 Å². The van der Waals surface area contributed by atoms with Crippen LogP contribution in [0.2, 0.25) is 5.02 Å². The number of methoxy groups -OCH3 is 1. The molecule has 0 aliphatic heterocycles. The molecule has 2 N–H and O–H groups in total. The van der Waals surface area contributed by atoms with Crippen LogP contribution in [0.5, 0.6) is 11.5 Å². The molecule has 0 saturated heterocycles. The van der Waals surface area contributed by atoms with E-state index in [2.05, 4.69) is 5.32 Å². The second-order valence-corrected chi connectivity index (χ2v) is 6.00. The Bertz CT molecular complexity index is 682. The summed E-state index contributed by atoms with van der Waals surface area (Å²) in [7, 11) is 1.54. The topological polar surface area (TPSA) is 50.7 Å². The zero-order chi connectivity index (χ0) is 18.1. The molecule has 136 valence electrons. The molecule has 25 heavy (non-hydrogen) atoms. The Morgan fingerprint density at radius 3 is 2.72 bits per heavy atom. The van der Waals surface area contributed by atoms with Crippen LogP contribution in [0, 0.1) is 5.82 Å². The van der Waals surface area contributed by atoms with Gasteiger partial charge in [-0.3, -0.25) is 0 Å². The SMILES string of the molecule is COc1cc(CNCCCCO)cc(Cl)c1OCc1ccccc1F. The van der Waals surface area contributed by atoms with Gasteiger partial charge in [-0.2, -0.15) is 0 Å². The van der Waals surface area contributed by atoms with Gasteiger partial charge in [-0.1, -0.05) is 29.8 Å². The molecule has 0 fully saturated rings. The Balaban J connectivity index is 2.02. The summed E-state index contributed by atoms with van der Waals surface area (Å²) in [5, 5.41) is 12.5. The number of aliphatic hydroxyl groups is 1. The Morgan fingerprint density at radius 1 is 1.20 bits per heavy atom. The average molecular weight is 368 g/mol. The van der Waals surface area contributed by atoms with Crippen molar-refractivity contribution in [2.75, 3.05) is 20.3 Å². The van der Waals surface area contributed by atoms with E-state index in [0.717, 1.165) is 24.9 Å². The van der Waals surface area contributed by atoms with E-state index in [9.17, 15) is 4.39 Å². The second kappa shape index (κ2) is 10.2. The summed E-state index contributed by atoms with van der Waals surface area (Å²) < 4.78 is 24.8. The van der Waals surface area contributed by atoms with E-state index < -0.39 is 0 Å². The molecule has 0 radical (unpaired) electrons. The van der Waals surface area contributed by atoms with Crippen LogP contribution in [-0.4, -0.2) is 25.4 Å². The standard InChI is InChI=1S/C19H23ClFNO3/c1-24-18-11-14(12-22-8-4-5-9-23)10-16(20)19(18)25-13-15-6-2-3-7-17(15)21/h2-3,6-7,10-11,22-23H,4-5,8-9,12-13H2,1H3. The summed E-state index contributed by atoms with van der Waals surface area (Å²) in [4.78, 5) is 0. The van der Waals surface area contributed by atoms with Gasteiger partial charge < -0.3 is 19.9 Å². The van der Waals surface area contributed by atoms with Crippen molar-refractivity contribution in [2.45, 2.75) is 26.0 Å². The number of hydrogen-bond acceptors (Lipinski definition) is 4. The van der Waals surface area contributed by atoms with Gasteiger partial charge in [0.2, 0.25) is 0 Å². The smallest absolute Gasteiger partial charge is 0.180 e. The van der Waals surface area contributed by atoms with Gasteiger partial charge in [-0.05, 0) is 43.1 Å². The molecule has 0 atom stereocenters. The number of ether oxygens (including phenoxy) is 2. The molecule has 2 aromatic carbocycles. The fraction of sp³-hybridized carbons (Fsp3) is 0.368. The van der Waals surface area contributed by atoms with E-state index in [1.165, 1.54) is 6.07 Å². The molecular weight excluding hydrogens is 345 g/mol. The zero-order valence-electron chi connectivity index (χ0n) is 14.2. The van der Waals surface area contributed by atoms with E-state index in [1.807, 2.05) is 6.07 Å². The first-order valence-corrected chi connectivity index (χ1v) is 8.57. The van der Waals surface area contributed by atoms with Crippen molar-refractivity contribution in [3.05, 3.63) is 58.4 Å². The third-order valence-electron chi connectivity index (χ3n) is 3.71. The van der Waals surface area contributed by atoms with Crippen LogP contribution in [0.1, 0.15) is 24.0 Å². The lowest BCUT2D eigenvalue weighted by Crippen LogP contribution is -2.15. The summed E-state index contributed by atoms with van der Waals surface area (Å²) in [5.74, 6) is 0.591. The maximum Gasteiger partial charge on any atom is 0.180 e. The fourth-order valence-electron chi connectivity index (χ4n) is 2.38. The lowest BCUT2D eigenvalue weighted by atomic mass is 10.2. The van der Waals surface area contributed by atoms with E-state index in [0.29, 0.717) is 28.6 Å². The van der Waals surface area contributed by atoms with E-state index in [4.69, 9.17) is 26.2 Å². The number of benzene rings is 2. The molecule has 0 aromatic heterocycles. The van der Waals surface area contributed by atoms with Crippen LogP contribution < -0.4 is 14.8 Å². The summed E-state index contributed by atoms with van der Waals surface area (Å²) in [6, 6.07) is 10.1. The molecule has 6 heteroatoms. The third kappa shape index (κ3) is 5.88. The minimum atomic E-state index is -0.318. The first-order valence-electron chi connectivity index (χ1n) is 8.20. The van der Waals surface area contributed by atoms with Crippen LogP contribution in [0.3, 0.4) is 0 Å². The molecule has 0 spiro atoms. The summed E-state index contributed by atoms with van der Waals surface area (Å²) in [6.45, 7) is 1.72. The largest absolute Gasteiger partial charge is 0.493 e. The lowest BCUT2D eigenvalue weighted by molar-refractivity contribution is 0.279. The van der Waals surface area contributed by atoms with Crippen molar-refractivity contribution in [1.82, 2.24) is 5.32 Å². The number of unbranched alkanes of at least 4 members (excludes halogenated alkanes) is 1. The van der Waals surface area contributed by atoms with Crippen LogP contribution in [0.15, 0.2) is 36.4 Å². The molecule has 0 bridgehead atoms. The minimum Gasteiger partial charge on any atom is -0.493 e. The predicted octanol–water partition coefficient (Wildman–Crippen LogP) is 3.93. The summed E-state index contributed by atoms with van der Waals surface area (Å²) in [6.07, 6.45) is 1.69. The highest BCUT2D eigenvalue weighted by Crippen LogP contribution is 2.37. The van der Waals surface area contributed by atoms with Crippen LogP contribution in [-0.2, 0) is 13.2 Å². The van der Waals surface area contributed by atoms with Gasteiger partial charge in [-0.15, -0.1) is 0 Å². The highest BCUT2D eigenvalue weighted by atomic mass is 35.5. The number of rotatable bonds is 10. The number of aliphatic hydroxyl groups excluding tert-OH is 1. The molecule has 2 rings (SSSR count). The zero-order valence-corrected chi connectivity index (χ0v) is 15.0. The molecule has 0 amide bonds. The molecule has 0 aliphatic carbocycles. The van der Waals surface area contributed by atoms with E-state index in [1.54, 1.807) is 31.4 Å². The Morgan fingerprint density at radius 2 is 2.00 bits per heavy atom. The van der Waals surface area contributed by atoms with Crippen molar-refractivity contribution in [3.63, 3.8) is 0 Å². The van der Waals surface area contributed by atoms with Crippen molar-refractivity contribution in [2.24, 2.45) is 0 Å². The molecule has 0 heterocycles. The second-order valence-electron chi connectivity index (χ2n) is 5.60. The quantitative estimate of drug-likeness (QED) is 0.625. The average Bonchev–Trinajstić information content (AvgIpc) is 2.61. The molecule has 2 aromatic rings. The summed E-state index contributed by atoms with van der Waals surface area (Å²) >= 11 is 6.32. The lowest BCUT2D eigenvalue weighted by Gasteiger charge is -2.15. The van der Waals surface area contributed by atoms with Gasteiger partial charge in [0.15, 0.2) is 11.5 Å². The normalized spacial score (nSPS) is 10.7. The van der Waals surface area contributed by atoms with Crippen molar-refractivity contribution in [1.29, 1.82) is 0 Å². The van der Waals surface area contributed by atoms with Gasteiger partial charge in [0, 0.05) is 18.7 Å². The Kier molecular flexibility index (Phi) is 7.98. The van der Waals surface area contributed by atoms with Gasteiger partial charge in [0.25, 0.3) is 0 Å². The third-order valence-corrected chi connectivity index (χ3v) is 3.99. The highest BCUT2D eigenvalue weighted by Gasteiger charge is 2.13. The van der Waals surface area contributed by atoms with Gasteiger partial charge in [0.1, 0.15) is 12.4 Å². The Hall–Kier alpha value is -1.82. The van der Waals surface area contributed by atoms with E-state index in [-0.39, 0.29) is 19.0 Å². The molecule has 0 aliphatic rings. The maximum atomic E-state index is 13.7. The fourth-order valence-corrected chi connectivity index (χ4v) is 2.66. The van der Waals surface area contributed by atoms with Gasteiger partial charge in [-0.25, -0.2) is 4.39 Å². The van der Waals surface area contributed by atoms with Crippen molar-refractivity contribution in [3.8, 4) is 11.5 Å². The summed E-state index contributed by atoms with van der Waals surface area (Å²) in [5.41, 5.74) is 1.42. The highest BCUT2D eigenvalue weighted by molar-refractivity contribution is 6.32. The maximum absolute atomic E-state index is 13.7.